The van der Waals surface area contributed by atoms with Gasteiger partial charge in [0.15, 0.2) is 0 Å². The van der Waals surface area contributed by atoms with Crippen LogP contribution in [0.5, 0.6) is 0 Å². The molecule has 8 heteroatoms. The Morgan fingerprint density at radius 3 is 2.91 bits per heavy atom. The standard InChI is InChI=1S/C15H21N5O3/c1-19-8-17-13(18-19)15(22)20-5-4-11-10(20)6-12(23-11)14(21)16-7-9-2-3-9/h8-12H,2-7H2,1H3,(H,16,21)/t10-,11-,12-/m1/s1. The van der Waals surface area contributed by atoms with E-state index in [1.165, 1.54) is 23.9 Å². The molecule has 0 spiro atoms. The molecule has 2 saturated heterocycles. The topological polar surface area (TPSA) is 89.4 Å². The minimum atomic E-state index is -0.448. The van der Waals surface area contributed by atoms with Gasteiger partial charge >= 0.3 is 0 Å². The van der Waals surface area contributed by atoms with Crippen molar-refractivity contribution in [1.29, 1.82) is 0 Å². The van der Waals surface area contributed by atoms with Crippen LogP contribution in [0.4, 0.5) is 0 Å². The summed E-state index contributed by atoms with van der Waals surface area (Å²) in [5.41, 5.74) is 0. The Balaban J connectivity index is 1.38. The van der Waals surface area contributed by atoms with Crippen molar-refractivity contribution in [2.24, 2.45) is 13.0 Å². The molecule has 2 aliphatic heterocycles. The first-order chi connectivity index (χ1) is 11.1. The number of hydrogen-bond donors (Lipinski definition) is 1. The average Bonchev–Trinajstić information content (AvgIpc) is 2.93. The Bertz CT molecular complexity index is 626. The van der Waals surface area contributed by atoms with Crippen molar-refractivity contribution in [3.63, 3.8) is 0 Å². The molecule has 3 heterocycles. The fourth-order valence-electron chi connectivity index (χ4n) is 3.42. The number of fused-ring (bicyclic) bond motifs is 1. The number of rotatable bonds is 4. The summed E-state index contributed by atoms with van der Waals surface area (Å²) < 4.78 is 7.38. The molecule has 3 atom stereocenters. The molecule has 0 unspecified atom stereocenters. The molecule has 2 amide bonds. The summed E-state index contributed by atoms with van der Waals surface area (Å²) in [6.45, 7) is 1.37. The molecule has 0 radical (unpaired) electrons. The minimum absolute atomic E-state index is 0.0466. The number of ether oxygens (including phenoxy) is 1. The Morgan fingerprint density at radius 2 is 2.22 bits per heavy atom. The van der Waals surface area contributed by atoms with Crippen molar-refractivity contribution in [2.45, 2.75) is 43.9 Å². The lowest BCUT2D eigenvalue weighted by molar-refractivity contribution is -0.132. The van der Waals surface area contributed by atoms with Gasteiger partial charge in [0.25, 0.3) is 5.91 Å². The van der Waals surface area contributed by atoms with Gasteiger partial charge in [-0.25, -0.2) is 4.98 Å². The van der Waals surface area contributed by atoms with E-state index >= 15 is 0 Å². The fourth-order valence-corrected chi connectivity index (χ4v) is 3.42. The Labute approximate surface area is 134 Å². The highest BCUT2D eigenvalue weighted by molar-refractivity contribution is 5.91. The summed E-state index contributed by atoms with van der Waals surface area (Å²) in [5, 5.41) is 7.03. The molecule has 1 aliphatic carbocycles. The summed E-state index contributed by atoms with van der Waals surface area (Å²) in [7, 11) is 1.73. The van der Waals surface area contributed by atoms with Crippen LogP contribution in [-0.2, 0) is 16.6 Å². The van der Waals surface area contributed by atoms with Gasteiger partial charge in [-0.2, -0.15) is 0 Å². The smallest absolute Gasteiger partial charge is 0.293 e. The zero-order chi connectivity index (χ0) is 16.0. The number of likely N-dealkylation sites (tertiary alicyclic amines) is 1. The van der Waals surface area contributed by atoms with Crippen LogP contribution >= 0.6 is 0 Å². The van der Waals surface area contributed by atoms with Crippen molar-refractivity contribution in [3.8, 4) is 0 Å². The third-order valence-corrected chi connectivity index (χ3v) is 4.88. The Hall–Kier alpha value is -1.96. The lowest BCUT2D eigenvalue weighted by Gasteiger charge is -2.21. The summed E-state index contributed by atoms with van der Waals surface area (Å²) in [4.78, 5) is 30.5. The molecule has 1 aromatic rings. The SMILES string of the molecule is Cn1cnc(C(=O)N2CC[C@H]3O[C@@H](C(=O)NCC4CC4)C[C@H]32)n1. The van der Waals surface area contributed by atoms with E-state index in [4.69, 9.17) is 4.74 Å². The highest BCUT2D eigenvalue weighted by atomic mass is 16.5. The predicted octanol–water partition coefficient (Wildman–Crippen LogP) is -0.287. The highest BCUT2D eigenvalue weighted by Crippen LogP contribution is 2.34. The lowest BCUT2D eigenvalue weighted by atomic mass is 10.1. The van der Waals surface area contributed by atoms with Crippen LogP contribution in [0.25, 0.3) is 0 Å². The lowest BCUT2D eigenvalue weighted by Crippen LogP contribution is -2.40. The highest BCUT2D eigenvalue weighted by Gasteiger charge is 2.48. The zero-order valence-electron chi connectivity index (χ0n) is 13.1. The molecule has 4 rings (SSSR count). The van der Waals surface area contributed by atoms with Gasteiger partial charge in [-0.05, 0) is 25.2 Å². The normalized spacial score (nSPS) is 29.6. The van der Waals surface area contributed by atoms with E-state index in [1.54, 1.807) is 11.9 Å². The second kappa shape index (κ2) is 5.59. The summed E-state index contributed by atoms with van der Waals surface area (Å²) >= 11 is 0. The van der Waals surface area contributed by atoms with Gasteiger partial charge in [0.05, 0.1) is 12.1 Å². The molecule has 0 bridgehead atoms. The van der Waals surface area contributed by atoms with E-state index in [1.807, 2.05) is 0 Å². The van der Waals surface area contributed by atoms with Crippen LogP contribution in [0.3, 0.4) is 0 Å². The number of amides is 2. The number of aromatic nitrogens is 3. The Kier molecular flexibility index (Phi) is 3.56. The summed E-state index contributed by atoms with van der Waals surface area (Å²) in [5.74, 6) is 0.623. The molecule has 1 N–H and O–H groups in total. The first kappa shape index (κ1) is 14.6. The van der Waals surface area contributed by atoms with E-state index in [-0.39, 0.29) is 29.8 Å². The molecule has 23 heavy (non-hydrogen) atoms. The van der Waals surface area contributed by atoms with Crippen LogP contribution in [0.2, 0.25) is 0 Å². The molecule has 3 aliphatic rings. The van der Waals surface area contributed by atoms with Gasteiger partial charge in [0, 0.05) is 26.6 Å². The number of aryl methyl sites for hydroxylation is 1. The van der Waals surface area contributed by atoms with Gasteiger partial charge in [0.2, 0.25) is 11.7 Å². The number of nitrogens with one attached hydrogen (secondary N) is 1. The van der Waals surface area contributed by atoms with Crippen LogP contribution in [-0.4, -0.2) is 62.8 Å². The zero-order valence-corrected chi connectivity index (χ0v) is 13.1. The van der Waals surface area contributed by atoms with E-state index in [2.05, 4.69) is 15.4 Å². The summed E-state index contributed by atoms with van der Waals surface area (Å²) in [6.07, 6.45) is 4.73. The van der Waals surface area contributed by atoms with Crippen molar-refractivity contribution < 1.29 is 14.3 Å². The number of nitrogens with zero attached hydrogens (tertiary/aromatic N) is 4. The number of carbonyl (C=O) groups excluding carboxylic acids is 2. The molecule has 0 aromatic carbocycles. The van der Waals surface area contributed by atoms with E-state index in [0.717, 1.165) is 13.0 Å². The number of hydrogen-bond acceptors (Lipinski definition) is 5. The largest absolute Gasteiger partial charge is 0.363 e. The maximum Gasteiger partial charge on any atom is 0.293 e. The molecule has 124 valence electrons. The van der Waals surface area contributed by atoms with Gasteiger partial charge in [-0.1, -0.05) is 0 Å². The van der Waals surface area contributed by atoms with Crippen molar-refractivity contribution in [3.05, 3.63) is 12.2 Å². The molecule has 1 aromatic heterocycles. The van der Waals surface area contributed by atoms with Gasteiger partial charge < -0.3 is 15.0 Å². The fraction of sp³-hybridized carbons (Fsp3) is 0.733. The quantitative estimate of drug-likeness (QED) is 0.824. The van der Waals surface area contributed by atoms with Crippen molar-refractivity contribution in [2.75, 3.05) is 13.1 Å². The maximum absolute atomic E-state index is 12.5. The molecular formula is C15H21N5O3. The van der Waals surface area contributed by atoms with Crippen LogP contribution in [0.15, 0.2) is 6.33 Å². The second-order valence-corrected chi connectivity index (χ2v) is 6.68. The minimum Gasteiger partial charge on any atom is -0.363 e. The second-order valence-electron chi connectivity index (χ2n) is 6.68. The molecule has 8 nitrogen and oxygen atoms in total. The van der Waals surface area contributed by atoms with E-state index in [9.17, 15) is 9.59 Å². The maximum atomic E-state index is 12.5. The average molecular weight is 319 g/mol. The monoisotopic (exact) mass is 319 g/mol. The molecular weight excluding hydrogens is 298 g/mol. The number of carbonyl (C=O) groups is 2. The van der Waals surface area contributed by atoms with E-state index in [0.29, 0.717) is 18.9 Å². The van der Waals surface area contributed by atoms with Crippen molar-refractivity contribution >= 4 is 11.8 Å². The van der Waals surface area contributed by atoms with Crippen LogP contribution in [0.1, 0.15) is 36.3 Å². The first-order valence-corrected chi connectivity index (χ1v) is 8.21. The molecule has 3 fully saturated rings. The van der Waals surface area contributed by atoms with Gasteiger partial charge in [0.1, 0.15) is 12.4 Å². The van der Waals surface area contributed by atoms with Crippen molar-refractivity contribution in [1.82, 2.24) is 25.0 Å². The Morgan fingerprint density at radius 1 is 1.39 bits per heavy atom. The summed E-state index contributed by atoms with van der Waals surface area (Å²) in [6, 6.07) is -0.0528. The van der Waals surface area contributed by atoms with Crippen LogP contribution in [0, 0.1) is 5.92 Å². The molecule has 1 saturated carbocycles. The predicted molar refractivity (Wildman–Crippen MR) is 79.5 cm³/mol. The first-order valence-electron chi connectivity index (χ1n) is 8.21. The van der Waals surface area contributed by atoms with Gasteiger partial charge in [-0.15, -0.1) is 5.10 Å². The van der Waals surface area contributed by atoms with Gasteiger partial charge in [-0.3, -0.25) is 14.3 Å². The third-order valence-electron chi connectivity index (χ3n) is 4.88. The third kappa shape index (κ3) is 2.83. The van der Waals surface area contributed by atoms with Crippen LogP contribution < -0.4 is 5.32 Å². The van der Waals surface area contributed by atoms with E-state index < -0.39 is 6.10 Å².